The van der Waals surface area contributed by atoms with Gasteiger partial charge in [-0.15, -0.1) is 11.3 Å². The monoisotopic (exact) mass is 322 g/mol. The highest BCUT2D eigenvalue weighted by atomic mass is 32.1. The number of hydrogen-bond acceptors (Lipinski definition) is 4. The average Bonchev–Trinajstić information content (AvgIpc) is 2.97. The van der Waals surface area contributed by atoms with Crippen LogP contribution in [0.15, 0.2) is 29.6 Å². The summed E-state index contributed by atoms with van der Waals surface area (Å²) in [7, 11) is 0. The molecule has 1 atom stereocenters. The minimum absolute atomic E-state index is 0.0802. The topological polar surface area (TPSA) is 62.2 Å². The first kappa shape index (κ1) is 16.6. The van der Waals surface area contributed by atoms with Gasteiger partial charge in [0.2, 0.25) is 0 Å². The number of aromatic nitrogens is 1. The SMILES string of the molecule is CC(C)C(C)(CO)NC(=O)c1csc(-c2ccc(F)cc2)n1. The van der Waals surface area contributed by atoms with E-state index in [1.54, 1.807) is 24.4 Å². The molecule has 2 aromatic rings. The summed E-state index contributed by atoms with van der Waals surface area (Å²) in [5.74, 6) is -0.555. The molecule has 2 rings (SSSR count). The molecule has 1 heterocycles. The molecule has 1 aromatic carbocycles. The van der Waals surface area contributed by atoms with Crippen molar-refractivity contribution in [2.45, 2.75) is 26.3 Å². The van der Waals surface area contributed by atoms with Crippen LogP contribution in [0.1, 0.15) is 31.3 Å². The van der Waals surface area contributed by atoms with E-state index in [0.29, 0.717) is 10.7 Å². The van der Waals surface area contributed by atoms with Gasteiger partial charge in [0.15, 0.2) is 0 Å². The van der Waals surface area contributed by atoms with Gasteiger partial charge in [0, 0.05) is 10.9 Å². The molecule has 0 saturated carbocycles. The van der Waals surface area contributed by atoms with Crippen molar-refractivity contribution in [2.75, 3.05) is 6.61 Å². The van der Waals surface area contributed by atoms with Crippen LogP contribution < -0.4 is 5.32 Å². The van der Waals surface area contributed by atoms with Gasteiger partial charge in [0.05, 0.1) is 12.1 Å². The molecule has 6 heteroatoms. The quantitative estimate of drug-likeness (QED) is 0.889. The first-order valence-electron chi connectivity index (χ1n) is 7.00. The van der Waals surface area contributed by atoms with Crippen LogP contribution in [-0.2, 0) is 0 Å². The number of aliphatic hydroxyl groups excluding tert-OH is 1. The van der Waals surface area contributed by atoms with Crippen LogP contribution in [-0.4, -0.2) is 28.1 Å². The molecule has 1 amide bonds. The van der Waals surface area contributed by atoms with E-state index in [1.807, 2.05) is 13.8 Å². The Hall–Kier alpha value is -1.79. The van der Waals surface area contributed by atoms with Crippen LogP contribution in [0.5, 0.6) is 0 Å². The van der Waals surface area contributed by atoms with Gasteiger partial charge in [0.25, 0.3) is 5.91 Å². The third kappa shape index (κ3) is 3.51. The van der Waals surface area contributed by atoms with Crippen LogP contribution >= 0.6 is 11.3 Å². The van der Waals surface area contributed by atoms with Gasteiger partial charge < -0.3 is 10.4 Å². The second kappa shape index (κ2) is 6.54. The summed E-state index contributed by atoms with van der Waals surface area (Å²) in [5, 5.41) is 14.6. The highest BCUT2D eigenvalue weighted by Crippen LogP contribution is 2.24. The van der Waals surface area contributed by atoms with E-state index in [4.69, 9.17) is 0 Å². The van der Waals surface area contributed by atoms with E-state index >= 15 is 0 Å². The number of nitrogens with one attached hydrogen (secondary N) is 1. The molecule has 2 N–H and O–H groups in total. The summed E-state index contributed by atoms with van der Waals surface area (Å²) in [4.78, 5) is 16.6. The van der Waals surface area contributed by atoms with Crippen molar-refractivity contribution in [2.24, 2.45) is 5.92 Å². The highest BCUT2D eigenvalue weighted by Gasteiger charge is 2.30. The van der Waals surface area contributed by atoms with Crippen molar-refractivity contribution in [1.82, 2.24) is 10.3 Å². The summed E-state index contributed by atoms with van der Waals surface area (Å²) in [6.45, 7) is 5.51. The molecule has 0 bridgehead atoms. The largest absolute Gasteiger partial charge is 0.394 e. The molecule has 118 valence electrons. The molecule has 0 aliphatic rings. The van der Waals surface area contributed by atoms with E-state index in [0.717, 1.165) is 5.56 Å². The number of carbonyl (C=O) groups excluding carboxylic acids is 1. The second-order valence-corrected chi connectivity index (χ2v) is 6.59. The number of carbonyl (C=O) groups is 1. The first-order valence-corrected chi connectivity index (χ1v) is 7.88. The molecule has 0 aliphatic carbocycles. The zero-order valence-corrected chi connectivity index (χ0v) is 13.6. The third-order valence-electron chi connectivity index (χ3n) is 3.83. The van der Waals surface area contributed by atoms with E-state index in [9.17, 15) is 14.3 Å². The van der Waals surface area contributed by atoms with E-state index < -0.39 is 5.54 Å². The van der Waals surface area contributed by atoms with Gasteiger partial charge in [-0.2, -0.15) is 0 Å². The fourth-order valence-electron chi connectivity index (χ4n) is 1.79. The molecular weight excluding hydrogens is 303 g/mol. The van der Waals surface area contributed by atoms with Crippen LogP contribution in [0, 0.1) is 11.7 Å². The molecule has 0 spiro atoms. The minimum atomic E-state index is -0.698. The predicted molar refractivity (Wildman–Crippen MR) is 85.3 cm³/mol. The molecule has 1 unspecified atom stereocenters. The molecule has 0 radical (unpaired) electrons. The summed E-state index contributed by atoms with van der Waals surface area (Å²) in [6, 6.07) is 5.97. The summed E-state index contributed by atoms with van der Waals surface area (Å²) >= 11 is 1.32. The standard InChI is InChI=1S/C16H19FN2O2S/c1-10(2)16(3,9-20)19-14(21)13-8-22-15(18-13)11-4-6-12(17)7-5-11/h4-8,10,20H,9H2,1-3H3,(H,19,21). The Kier molecular flexibility index (Phi) is 4.93. The van der Waals surface area contributed by atoms with E-state index in [2.05, 4.69) is 10.3 Å². The van der Waals surface area contributed by atoms with Crippen molar-refractivity contribution in [3.63, 3.8) is 0 Å². The third-order valence-corrected chi connectivity index (χ3v) is 4.72. The van der Waals surface area contributed by atoms with Gasteiger partial charge in [-0.3, -0.25) is 4.79 Å². The van der Waals surface area contributed by atoms with Gasteiger partial charge in [-0.1, -0.05) is 13.8 Å². The van der Waals surface area contributed by atoms with Crippen LogP contribution in [0.3, 0.4) is 0 Å². The van der Waals surface area contributed by atoms with Crippen molar-refractivity contribution >= 4 is 17.2 Å². The molecule has 22 heavy (non-hydrogen) atoms. The Balaban J connectivity index is 2.17. The number of amides is 1. The summed E-state index contributed by atoms with van der Waals surface area (Å²) in [6.07, 6.45) is 0. The van der Waals surface area contributed by atoms with Gasteiger partial charge >= 0.3 is 0 Å². The number of benzene rings is 1. The van der Waals surface area contributed by atoms with Crippen LogP contribution in [0.25, 0.3) is 10.6 Å². The lowest BCUT2D eigenvalue weighted by atomic mass is 9.89. The number of halogens is 1. The molecule has 4 nitrogen and oxygen atoms in total. The maximum Gasteiger partial charge on any atom is 0.271 e. The van der Waals surface area contributed by atoms with Crippen molar-refractivity contribution in [3.8, 4) is 10.6 Å². The Bertz CT molecular complexity index is 654. The summed E-state index contributed by atoms with van der Waals surface area (Å²) in [5.41, 5.74) is 0.361. The molecule has 1 aromatic heterocycles. The zero-order chi connectivity index (χ0) is 16.3. The average molecular weight is 322 g/mol. The van der Waals surface area contributed by atoms with Gasteiger partial charge in [0.1, 0.15) is 16.5 Å². The number of hydrogen-bond donors (Lipinski definition) is 2. The Labute approximate surface area is 133 Å². The maximum atomic E-state index is 12.9. The minimum Gasteiger partial charge on any atom is -0.394 e. The Morgan fingerprint density at radius 2 is 2.05 bits per heavy atom. The molecular formula is C16H19FN2O2S. The maximum absolute atomic E-state index is 12.9. The number of nitrogens with zero attached hydrogens (tertiary/aromatic N) is 1. The first-order chi connectivity index (χ1) is 10.4. The number of rotatable bonds is 5. The summed E-state index contributed by atoms with van der Waals surface area (Å²) < 4.78 is 12.9. The Morgan fingerprint density at radius 3 is 2.59 bits per heavy atom. The predicted octanol–water partition coefficient (Wildman–Crippen LogP) is 3.09. The lowest BCUT2D eigenvalue weighted by molar-refractivity contribution is 0.0780. The second-order valence-electron chi connectivity index (χ2n) is 5.73. The van der Waals surface area contributed by atoms with E-state index in [-0.39, 0.29) is 24.2 Å². The number of thiazole rings is 1. The zero-order valence-electron chi connectivity index (χ0n) is 12.8. The Morgan fingerprint density at radius 1 is 1.41 bits per heavy atom. The normalized spacial score (nSPS) is 13.9. The van der Waals surface area contributed by atoms with Crippen LogP contribution in [0.4, 0.5) is 4.39 Å². The molecule has 0 saturated heterocycles. The number of aliphatic hydroxyl groups is 1. The van der Waals surface area contributed by atoms with Crippen molar-refractivity contribution in [1.29, 1.82) is 0 Å². The lowest BCUT2D eigenvalue weighted by Crippen LogP contribution is -2.52. The van der Waals surface area contributed by atoms with Gasteiger partial charge in [-0.05, 0) is 37.1 Å². The van der Waals surface area contributed by atoms with E-state index in [1.165, 1.54) is 23.5 Å². The van der Waals surface area contributed by atoms with Gasteiger partial charge in [-0.25, -0.2) is 9.37 Å². The van der Waals surface area contributed by atoms with Crippen LogP contribution in [0.2, 0.25) is 0 Å². The lowest BCUT2D eigenvalue weighted by Gasteiger charge is -2.32. The van der Waals surface area contributed by atoms with Crippen molar-refractivity contribution in [3.05, 3.63) is 41.2 Å². The smallest absolute Gasteiger partial charge is 0.271 e. The molecule has 0 aliphatic heterocycles. The fraction of sp³-hybridized carbons (Fsp3) is 0.375. The molecule has 0 fully saturated rings. The fourth-order valence-corrected chi connectivity index (χ4v) is 2.60. The van der Waals surface area contributed by atoms with Crippen molar-refractivity contribution < 1.29 is 14.3 Å². The highest BCUT2D eigenvalue weighted by molar-refractivity contribution is 7.13.